The van der Waals surface area contributed by atoms with Gasteiger partial charge in [-0.15, -0.1) is 0 Å². The van der Waals surface area contributed by atoms with E-state index in [-0.39, 0.29) is 17.1 Å². The van der Waals surface area contributed by atoms with Crippen molar-refractivity contribution in [2.45, 2.75) is 0 Å². The lowest BCUT2D eigenvalue weighted by atomic mass is 10.2. The Bertz CT molecular complexity index is 646. The van der Waals surface area contributed by atoms with Gasteiger partial charge in [-0.1, -0.05) is 11.6 Å². The van der Waals surface area contributed by atoms with Crippen molar-refractivity contribution in [3.05, 3.63) is 51.5 Å². The van der Waals surface area contributed by atoms with Crippen LogP contribution >= 0.6 is 27.5 Å². The molecule has 98 valence electrons. The van der Waals surface area contributed by atoms with E-state index in [4.69, 9.17) is 11.6 Å². The molecule has 2 rings (SSSR count). The van der Waals surface area contributed by atoms with Gasteiger partial charge in [0.05, 0.1) is 5.69 Å². The number of halogens is 2. The number of phenols is 2. The van der Waals surface area contributed by atoms with E-state index in [1.165, 1.54) is 18.2 Å². The summed E-state index contributed by atoms with van der Waals surface area (Å²) in [6.07, 6.45) is 0. The van der Waals surface area contributed by atoms with Crippen LogP contribution in [0.15, 0.2) is 40.9 Å². The van der Waals surface area contributed by atoms with Gasteiger partial charge in [0.1, 0.15) is 0 Å². The fourth-order valence-corrected chi connectivity index (χ4v) is 1.97. The largest absolute Gasteiger partial charge is 0.504 e. The second-order valence-corrected chi connectivity index (χ2v) is 5.07. The van der Waals surface area contributed by atoms with Gasteiger partial charge in [0.15, 0.2) is 11.5 Å². The van der Waals surface area contributed by atoms with Crippen molar-refractivity contribution in [2.75, 3.05) is 5.32 Å². The molecule has 2 aromatic carbocycles. The van der Waals surface area contributed by atoms with Gasteiger partial charge in [0, 0.05) is 15.1 Å². The average Bonchev–Trinajstić information content (AvgIpc) is 2.37. The van der Waals surface area contributed by atoms with Gasteiger partial charge in [-0.3, -0.25) is 4.79 Å². The molecule has 6 heteroatoms. The van der Waals surface area contributed by atoms with Crippen LogP contribution < -0.4 is 5.32 Å². The minimum absolute atomic E-state index is 0.224. The highest BCUT2D eigenvalue weighted by Crippen LogP contribution is 2.28. The average molecular weight is 343 g/mol. The summed E-state index contributed by atoms with van der Waals surface area (Å²) in [6.45, 7) is 0. The molecular formula is C13H9BrClNO3. The Hall–Kier alpha value is -1.72. The number of carbonyl (C=O) groups is 1. The van der Waals surface area contributed by atoms with Crippen LogP contribution in [0.25, 0.3) is 0 Å². The Labute approximate surface area is 122 Å². The second kappa shape index (κ2) is 5.50. The van der Waals surface area contributed by atoms with Crippen LogP contribution in [0, 0.1) is 0 Å². The number of amides is 1. The van der Waals surface area contributed by atoms with Gasteiger partial charge in [0.25, 0.3) is 5.91 Å². The highest BCUT2D eigenvalue weighted by atomic mass is 79.9. The third kappa shape index (κ3) is 3.19. The number of hydrogen-bond acceptors (Lipinski definition) is 3. The molecule has 1 amide bonds. The highest BCUT2D eigenvalue weighted by molar-refractivity contribution is 9.10. The summed E-state index contributed by atoms with van der Waals surface area (Å²) in [4.78, 5) is 12.0. The minimum Gasteiger partial charge on any atom is -0.504 e. The monoisotopic (exact) mass is 341 g/mol. The molecule has 0 heterocycles. The number of phenolic OH excluding ortho intramolecular Hbond substituents is 2. The molecule has 0 aliphatic rings. The SMILES string of the molecule is O=C(Nc1cc(Cl)ccc1Br)c1ccc(O)c(O)c1. The summed E-state index contributed by atoms with van der Waals surface area (Å²) in [7, 11) is 0. The number of benzene rings is 2. The fraction of sp³-hybridized carbons (Fsp3) is 0. The lowest BCUT2D eigenvalue weighted by Gasteiger charge is -2.08. The van der Waals surface area contributed by atoms with Crippen molar-refractivity contribution < 1.29 is 15.0 Å². The van der Waals surface area contributed by atoms with Crippen molar-refractivity contribution in [3.8, 4) is 11.5 Å². The van der Waals surface area contributed by atoms with E-state index >= 15 is 0 Å². The number of nitrogens with one attached hydrogen (secondary N) is 1. The first-order chi connectivity index (χ1) is 8.97. The van der Waals surface area contributed by atoms with Crippen molar-refractivity contribution in [2.24, 2.45) is 0 Å². The Morgan fingerprint density at radius 3 is 2.53 bits per heavy atom. The van der Waals surface area contributed by atoms with E-state index < -0.39 is 5.91 Å². The number of anilines is 1. The van der Waals surface area contributed by atoms with Crippen LogP contribution in [-0.4, -0.2) is 16.1 Å². The maximum Gasteiger partial charge on any atom is 0.255 e. The summed E-state index contributed by atoms with van der Waals surface area (Å²) < 4.78 is 0.688. The molecule has 3 N–H and O–H groups in total. The molecule has 0 aromatic heterocycles. The first-order valence-corrected chi connectivity index (χ1v) is 6.43. The quantitative estimate of drug-likeness (QED) is 0.728. The molecule has 0 saturated carbocycles. The molecule has 0 saturated heterocycles. The van der Waals surface area contributed by atoms with Gasteiger partial charge < -0.3 is 15.5 Å². The molecule has 2 aromatic rings. The maximum absolute atomic E-state index is 12.0. The normalized spacial score (nSPS) is 10.2. The first kappa shape index (κ1) is 13.7. The molecule has 19 heavy (non-hydrogen) atoms. The van der Waals surface area contributed by atoms with Gasteiger partial charge in [-0.05, 0) is 52.3 Å². The Kier molecular flexibility index (Phi) is 3.97. The van der Waals surface area contributed by atoms with Crippen molar-refractivity contribution >= 4 is 39.1 Å². The van der Waals surface area contributed by atoms with E-state index in [9.17, 15) is 15.0 Å². The molecule has 0 aliphatic carbocycles. The molecular weight excluding hydrogens is 334 g/mol. The molecule has 0 aliphatic heterocycles. The lowest BCUT2D eigenvalue weighted by molar-refractivity contribution is 0.102. The summed E-state index contributed by atoms with van der Waals surface area (Å²) >= 11 is 9.14. The Morgan fingerprint density at radius 1 is 1.11 bits per heavy atom. The van der Waals surface area contributed by atoms with Crippen LogP contribution in [0.1, 0.15) is 10.4 Å². The summed E-state index contributed by atoms with van der Waals surface area (Å²) in [6, 6.07) is 8.84. The van der Waals surface area contributed by atoms with Gasteiger partial charge in [0.2, 0.25) is 0 Å². The van der Waals surface area contributed by atoms with Gasteiger partial charge in [-0.2, -0.15) is 0 Å². The molecule has 4 nitrogen and oxygen atoms in total. The predicted octanol–water partition coefficient (Wildman–Crippen LogP) is 3.77. The van der Waals surface area contributed by atoms with Crippen LogP contribution in [0.2, 0.25) is 5.02 Å². The lowest BCUT2D eigenvalue weighted by Crippen LogP contribution is -2.12. The predicted molar refractivity (Wildman–Crippen MR) is 76.9 cm³/mol. The smallest absolute Gasteiger partial charge is 0.255 e. The molecule has 0 fully saturated rings. The summed E-state index contributed by atoms with van der Waals surface area (Å²) in [5.41, 5.74) is 0.743. The van der Waals surface area contributed by atoms with Crippen LogP contribution in [0.5, 0.6) is 11.5 Å². The highest BCUT2D eigenvalue weighted by Gasteiger charge is 2.11. The van der Waals surface area contributed by atoms with Crippen LogP contribution in [0.4, 0.5) is 5.69 Å². The summed E-state index contributed by atoms with van der Waals surface area (Å²) in [5, 5.41) is 21.7. The van der Waals surface area contributed by atoms with E-state index in [1.54, 1.807) is 18.2 Å². The molecule has 0 spiro atoms. The maximum atomic E-state index is 12.0. The van der Waals surface area contributed by atoms with E-state index in [1.807, 2.05) is 0 Å². The molecule has 0 atom stereocenters. The van der Waals surface area contributed by atoms with Crippen molar-refractivity contribution in [3.63, 3.8) is 0 Å². The van der Waals surface area contributed by atoms with Gasteiger partial charge >= 0.3 is 0 Å². The molecule has 0 radical (unpaired) electrons. The molecule has 0 bridgehead atoms. The van der Waals surface area contributed by atoms with Crippen LogP contribution in [0.3, 0.4) is 0 Å². The third-order valence-corrected chi connectivity index (χ3v) is 3.34. The zero-order valence-electron chi connectivity index (χ0n) is 9.52. The van der Waals surface area contributed by atoms with Crippen molar-refractivity contribution in [1.29, 1.82) is 0 Å². The topological polar surface area (TPSA) is 69.6 Å². The van der Waals surface area contributed by atoms with E-state index in [2.05, 4.69) is 21.2 Å². The van der Waals surface area contributed by atoms with E-state index in [0.717, 1.165) is 0 Å². The number of aromatic hydroxyl groups is 2. The minimum atomic E-state index is -0.418. The Balaban J connectivity index is 2.25. The third-order valence-electron chi connectivity index (χ3n) is 2.41. The number of rotatable bonds is 2. The van der Waals surface area contributed by atoms with Crippen LogP contribution in [-0.2, 0) is 0 Å². The molecule has 0 unspecified atom stereocenters. The Morgan fingerprint density at radius 2 is 1.84 bits per heavy atom. The summed E-state index contributed by atoms with van der Waals surface area (Å²) in [5.74, 6) is -1.04. The number of carbonyl (C=O) groups excluding carboxylic acids is 1. The van der Waals surface area contributed by atoms with E-state index in [0.29, 0.717) is 15.2 Å². The zero-order valence-corrected chi connectivity index (χ0v) is 11.9. The number of hydrogen-bond donors (Lipinski definition) is 3. The van der Waals surface area contributed by atoms with Crippen molar-refractivity contribution in [1.82, 2.24) is 0 Å². The first-order valence-electron chi connectivity index (χ1n) is 5.26. The second-order valence-electron chi connectivity index (χ2n) is 3.78. The van der Waals surface area contributed by atoms with Gasteiger partial charge in [-0.25, -0.2) is 0 Å². The zero-order chi connectivity index (χ0) is 14.0. The fourth-order valence-electron chi connectivity index (χ4n) is 1.45. The standard InChI is InChI=1S/C13H9BrClNO3/c14-9-3-2-8(15)6-10(9)16-13(19)7-1-4-11(17)12(18)5-7/h1-6,17-18H,(H,16,19).